The summed E-state index contributed by atoms with van der Waals surface area (Å²) in [6.07, 6.45) is 1.40. The first-order valence-corrected chi connectivity index (χ1v) is 11.9. The Kier molecular flexibility index (Phi) is 6.96. The van der Waals surface area contributed by atoms with Crippen LogP contribution in [0.3, 0.4) is 0 Å². The molecule has 154 valence electrons. The molecule has 2 N–H and O–H groups in total. The normalized spacial score (nSPS) is 17.5. The SMILES string of the molecule is C=CCNS(=O)(=O)c1cccc(C(=O)NC(C)C(=O)N2CCS(=O)(=O)CC2)c1. The topological polar surface area (TPSA) is 130 Å². The minimum Gasteiger partial charge on any atom is -0.341 e. The number of sulfone groups is 1. The van der Waals surface area contributed by atoms with Gasteiger partial charge in [0.1, 0.15) is 6.04 Å². The van der Waals surface area contributed by atoms with Crippen molar-refractivity contribution in [3.8, 4) is 0 Å². The van der Waals surface area contributed by atoms with E-state index in [0.29, 0.717) is 0 Å². The Morgan fingerprint density at radius 1 is 1.29 bits per heavy atom. The predicted octanol–water partition coefficient (Wildman–Crippen LogP) is -0.474. The molecule has 1 aliphatic heterocycles. The third-order valence-electron chi connectivity index (χ3n) is 4.20. The second-order valence-corrected chi connectivity index (χ2v) is 10.4. The van der Waals surface area contributed by atoms with Gasteiger partial charge >= 0.3 is 0 Å². The van der Waals surface area contributed by atoms with E-state index in [0.717, 1.165) is 0 Å². The van der Waals surface area contributed by atoms with Gasteiger partial charge in [-0.15, -0.1) is 6.58 Å². The molecule has 1 unspecified atom stereocenters. The van der Waals surface area contributed by atoms with E-state index in [4.69, 9.17) is 0 Å². The molecule has 0 bridgehead atoms. The Morgan fingerprint density at radius 2 is 1.93 bits per heavy atom. The molecular formula is C17H23N3O6S2. The van der Waals surface area contributed by atoms with Crippen LogP contribution in [0.4, 0.5) is 0 Å². The Labute approximate surface area is 164 Å². The fourth-order valence-electron chi connectivity index (χ4n) is 2.60. The van der Waals surface area contributed by atoms with Crippen molar-refractivity contribution in [2.75, 3.05) is 31.1 Å². The van der Waals surface area contributed by atoms with E-state index >= 15 is 0 Å². The van der Waals surface area contributed by atoms with E-state index in [1.807, 2.05) is 0 Å². The molecule has 1 fully saturated rings. The van der Waals surface area contributed by atoms with E-state index in [-0.39, 0.29) is 47.5 Å². The van der Waals surface area contributed by atoms with Gasteiger partial charge in [-0.25, -0.2) is 21.6 Å². The molecule has 1 atom stereocenters. The Bertz CT molecular complexity index is 958. The van der Waals surface area contributed by atoms with Gasteiger partial charge in [-0.1, -0.05) is 12.1 Å². The quantitative estimate of drug-likeness (QED) is 0.564. The fourth-order valence-corrected chi connectivity index (χ4v) is 4.85. The molecule has 1 heterocycles. The molecular weight excluding hydrogens is 406 g/mol. The lowest BCUT2D eigenvalue weighted by molar-refractivity contribution is -0.132. The lowest BCUT2D eigenvalue weighted by Crippen LogP contribution is -2.51. The van der Waals surface area contributed by atoms with Crippen molar-refractivity contribution >= 4 is 31.7 Å². The third-order valence-corrected chi connectivity index (χ3v) is 7.23. The maximum absolute atomic E-state index is 12.4. The molecule has 2 rings (SSSR count). The molecule has 11 heteroatoms. The molecule has 1 aromatic carbocycles. The first-order valence-electron chi connectivity index (χ1n) is 8.56. The van der Waals surface area contributed by atoms with Crippen LogP contribution in [0.5, 0.6) is 0 Å². The summed E-state index contributed by atoms with van der Waals surface area (Å²) in [5.41, 5.74) is 0.0855. The zero-order valence-electron chi connectivity index (χ0n) is 15.4. The minimum atomic E-state index is -3.78. The Balaban J connectivity index is 2.05. The fraction of sp³-hybridized carbons (Fsp3) is 0.412. The monoisotopic (exact) mass is 429 g/mol. The first-order chi connectivity index (χ1) is 13.1. The van der Waals surface area contributed by atoms with Crippen molar-refractivity contribution < 1.29 is 26.4 Å². The van der Waals surface area contributed by atoms with Crippen LogP contribution in [-0.2, 0) is 24.7 Å². The van der Waals surface area contributed by atoms with Crippen LogP contribution >= 0.6 is 0 Å². The van der Waals surface area contributed by atoms with Crippen molar-refractivity contribution in [1.82, 2.24) is 14.9 Å². The highest BCUT2D eigenvalue weighted by atomic mass is 32.2. The smallest absolute Gasteiger partial charge is 0.251 e. The lowest BCUT2D eigenvalue weighted by Gasteiger charge is -2.29. The largest absolute Gasteiger partial charge is 0.341 e. The van der Waals surface area contributed by atoms with Crippen molar-refractivity contribution in [3.63, 3.8) is 0 Å². The van der Waals surface area contributed by atoms with Crippen LogP contribution in [0.25, 0.3) is 0 Å². The zero-order chi connectivity index (χ0) is 20.9. The average Bonchev–Trinajstić information content (AvgIpc) is 2.66. The second kappa shape index (κ2) is 8.84. The van der Waals surface area contributed by atoms with Gasteiger partial charge in [0, 0.05) is 25.2 Å². The minimum absolute atomic E-state index is 0.0514. The number of benzene rings is 1. The number of hydrogen-bond donors (Lipinski definition) is 2. The standard InChI is InChI=1S/C17H23N3O6S2/c1-3-7-18-28(25,26)15-6-4-5-14(12-15)16(21)19-13(2)17(22)20-8-10-27(23,24)11-9-20/h3-6,12-13,18H,1,7-11H2,2H3,(H,19,21). The molecule has 1 saturated heterocycles. The van der Waals surface area contributed by atoms with Gasteiger partial charge in [0.25, 0.3) is 5.91 Å². The molecule has 0 radical (unpaired) electrons. The van der Waals surface area contributed by atoms with E-state index in [9.17, 15) is 26.4 Å². The van der Waals surface area contributed by atoms with Gasteiger partial charge in [-0.3, -0.25) is 9.59 Å². The highest BCUT2D eigenvalue weighted by Crippen LogP contribution is 2.12. The highest BCUT2D eigenvalue weighted by Gasteiger charge is 2.28. The van der Waals surface area contributed by atoms with Gasteiger partial charge < -0.3 is 10.2 Å². The van der Waals surface area contributed by atoms with Crippen molar-refractivity contribution in [2.45, 2.75) is 17.9 Å². The predicted molar refractivity (Wildman–Crippen MR) is 104 cm³/mol. The number of sulfonamides is 1. The van der Waals surface area contributed by atoms with Crippen molar-refractivity contribution in [1.29, 1.82) is 0 Å². The van der Waals surface area contributed by atoms with Gasteiger partial charge in [0.2, 0.25) is 15.9 Å². The maximum Gasteiger partial charge on any atom is 0.251 e. The molecule has 2 amide bonds. The molecule has 1 aliphatic rings. The van der Waals surface area contributed by atoms with E-state index < -0.39 is 31.8 Å². The average molecular weight is 430 g/mol. The van der Waals surface area contributed by atoms with E-state index in [1.165, 1.54) is 42.2 Å². The van der Waals surface area contributed by atoms with Crippen molar-refractivity contribution in [2.24, 2.45) is 0 Å². The summed E-state index contributed by atoms with van der Waals surface area (Å²) >= 11 is 0. The number of amides is 2. The Morgan fingerprint density at radius 3 is 2.54 bits per heavy atom. The van der Waals surface area contributed by atoms with Gasteiger partial charge in [0.15, 0.2) is 9.84 Å². The first kappa shape index (κ1) is 22.1. The number of hydrogen-bond acceptors (Lipinski definition) is 6. The summed E-state index contributed by atoms with van der Waals surface area (Å²) in [5, 5.41) is 2.52. The number of rotatable bonds is 7. The van der Waals surface area contributed by atoms with Crippen LogP contribution in [0.15, 0.2) is 41.8 Å². The van der Waals surface area contributed by atoms with Crippen molar-refractivity contribution in [3.05, 3.63) is 42.5 Å². The molecule has 0 saturated carbocycles. The van der Waals surface area contributed by atoms with Crippen LogP contribution in [0, 0.1) is 0 Å². The van der Waals surface area contributed by atoms with E-state index in [2.05, 4.69) is 16.6 Å². The van der Waals surface area contributed by atoms with Crippen LogP contribution in [0.2, 0.25) is 0 Å². The molecule has 1 aromatic rings. The van der Waals surface area contributed by atoms with Crippen LogP contribution < -0.4 is 10.0 Å². The summed E-state index contributed by atoms with van der Waals surface area (Å²) < 4.78 is 49.5. The highest BCUT2D eigenvalue weighted by molar-refractivity contribution is 7.91. The number of carbonyl (C=O) groups is 2. The van der Waals surface area contributed by atoms with Crippen LogP contribution in [-0.4, -0.2) is 70.7 Å². The summed E-state index contributed by atoms with van der Waals surface area (Å²) in [5.74, 6) is -1.19. The summed E-state index contributed by atoms with van der Waals surface area (Å²) in [4.78, 5) is 26.2. The summed E-state index contributed by atoms with van der Waals surface area (Å²) in [6.45, 7) is 5.16. The molecule has 0 aliphatic carbocycles. The molecule has 0 aromatic heterocycles. The number of nitrogens with zero attached hydrogens (tertiary/aromatic N) is 1. The van der Waals surface area contributed by atoms with Crippen LogP contribution in [0.1, 0.15) is 17.3 Å². The number of nitrogens with one attached hydrogen (secondary N) is 2. The summed E-state index contributed by atoms with van der Waals surface area (Å²) in [7, 11) is -6.90. The molecule has 28 heavy (non-hydrogen) atoms. The second-order valence-electron chi connectivity index (χ2n) is 6.34. The lowest BCUT2D eigenvalue weighted by atomic mass is 10.2. The zero-order valence-corrected chi connectivity index (χ0v) is 17.1. The molecule has 0 spiro atoms. The molecule has 9 nitrogen and oxygen atoms in total. The van der Waals surface area contributed by atoms with Gasteiger partial charge in [-0.05, 0) is 25.1 Å². The van der Waals surface area contributed by atoms with Gasteiger partial charge in [-0.2, -0.15) is 0 Å². The number of carbonyl (C=O) groups excluding carboxylic acids is 2. The van der Waals surface area contributed by atoms with Gasteiger partial charge in [0.05, 0.1) is 16.4 Å². The Hall–Kier alpha value is -2.24. The van der Waals surface area contributed by atoms with E-state index in [1.54, 1.807) is 0 Å². The summed E-state index contributed by atoms with van der Waals surface area (Å²) in [6, 6.07) is 4.55. The third kappa shape index (κ3) is 5.63. The maximum atomic E-state index is 12.4.